The van der Waals surface area contributed by atoms with Gasteiger partial charge >= 0.3 is 0 Å². The maximum absolute atomic E-state index is 12.3. The van der Waals surface area contributed by atoms with E-state index in [0.717, 1.165) is 32.0 Å². The van der Waals surface area contributed by atoms with Crippen LogP contribution >= 0.6 is 0 Å². The molecule has 1 amide bonds. The number of hydrogen-bond donors (Lipinski definition) is 2. The molecule has 2 aliphatic heterocycles. The number of morpholine rings is 1. The molecule has 1 aromatic rings. The molecule has 0 radical (unpaired) electrons. The lowest BCUT2D eigenvalue weighted by Crippen LogP contribution is -2.54. The number of nitrogens with zero attached hydrogens (tertiary/aromatic N) is 2. The van der Waals surface area contributed by atoms with Gasteiger partial charge in [0.05, 0.1) is 25.1 Å². The minimum Gasteiger partial charge on any atom is -0.381 e. The number of carbonyl (C=O) groups excluding carboxylic acids is 1. The van der Waals surface area contributed by atoms with Gasteiger partial charge in [-0.3, -0.25) is 4.79 Å². The van der Waals surface area contributed by atoms with Crippen LogP contribution in [0.2, 0.25) is 0 Å². The zero-order chi connectivity index (χ0) is 15.4. The minimum atomic E-state index is -0.858. The quantitative estimate of drug-likeness (QED) is 0.838. The van der Waals surface area contributed by atoms with Crippen molar-refractivity contribution < 1.29 is 14.3 Å². The summed E-state index contributed by atoms with van der Waals surface area (Å²) < 4.78 is 10.6. The fourth-order valence-electron chi connectivity index (χ4n) is 2.67. The van der Waals surface area contributed by atoms with Crippen molar-refractivity contribution in [3.63, 3.8) is 0 Å². The molecule has 0 atom stereocenters. The summed E-state index contributed by atoms with van der Waals surface area (Å²) in [6.45, 7) is 4.23. The van der Waals surface area contributed by atoms with E-state index in [1.54, 1.807) is 6.20 Å². The van der Waals surface area contributed by atoms with Crippen molar-refractivity contribution in [2.24, 2.45) is 5.73 Å². The Morgan fingerprint density at radius 1 is 1.18 bits per heavy atom. The number of pyridine rings is 1. The zero-order valence-electron chi connectivity index (χ0n) is 12.6. The molecule has 0 bridgehead atoms. The van der Waals surface area contributed by atoms with Crippen molar-refractivity contribution in [3.8, 4) is 0 Å². The van der Waals surface area contributed by atoms with Gasteiger partial charge in [0.15, 0.2) is 0 Å². The first-order valence-corrected chi connectivity index (χ1v) is 7.64. The summed E-state index contributed by atoms with van der Waals surface area (Å²) in [5.41, 5.74) is 6.33. The lowest BCUT2D eigenvalue weighted by Gasteiger charge is -2.31. The van der Waals surface area contributed by atoms with Crippen molar-refractivity contribution in [3.05, 3.63) is 18.3 Å². The SMILES string of the molecule is NC1(C(=O)Nc2ccc(N3CCOCC3)cn2)CCOCC1. The first-order valence-electron chi connectivity index (χ1n) is 7.64. The van der Waals surface area contributed by atoms with E-state index in [-0.39, 0.29) is 5.91 Å². The Labute approximate surface area is 129 Å². The van der Waals surface area contributed by atoms with E-state index in [0.29, 0.717) is 31.9 Å². The highest BCUT2D eigenvalue weighted by Crippen LogP contribution is 2.21. The summed E-state index contributed by atoms with van der Waals surface area (Å²) >= 11 is 0. The highest BCUT2D eigenvalue weighted by Gasteiger charge is 2.36. The van der Waals surface area contributed by atoms with Crippen molar-refractivity contribution in [1.29, 1.82) is 0 Å². The molecule has 2 saturated heterocycles. The lowest BCUT2D eigenvalue weighted by molar-refractivity contribution is -0.124. The highest BCUT2D eigenvalue weighted by atomic mass is 16.5. The normalized spacial score (nSPS) is 21.4. The number of nitrogens with two attached hydrogens (primary N) is 1. The van der Waals surface area contributed by atoms with Gasteiger partial charge in [0.1, 0.15) is 11.4 Å². The fourth-order valence-corrected chi connectivity index (χ4v) is 2.67. The number of anilines is 2. The van der Waals surface area contributed by atoms with Crippen LogP contribution in [-0.2, 0) is 14.3 Å². The van der Waals surface area contributed by atoms with Gasteiger partial charge in [-0.25, -0.2) is 4.98 Å². The Balaban J connectivity index is 1.61. The van der Waals surface area contributed by atoms with Crippen molar-refractivity contribution in [2.45, 2.75) is 18.4 Å². The number of ether oxygens (including phenoxy) is 2. The number of hydrogen-bond acceptors (Lipinski definition) is 6. The average Bonchev–Trinajstić information content (AvgIpc) is 2.57. The summed E-state index contributed by atoms with van der Waals surface area (Å²) in [4.78, 5) is 18.8. The summed E-state index contributed by atoms with van der Waals surface area (Å²) in [6.07, 6.45) is 2.84. The maximum atomic E-state index is 12.3. The topological polar surface area (TPSA) is 89.7 Å². The molecule has 120 valence electrons. The molecule has 2 fully saturated rings. The predicted molar refractivity (Wildman–Crippen MR) is 82.9 cm³/mol. The van der Waals surface area contributed by atoms with Crippen molar-refractivity contribution in [2.75, 3.05) is 49.7 Å². The van der Waals surface area contributed by atoms with Crippen LogP contribution in [0.3, 0.4) is 0 Å². The monoisotopic (exact) mass is 306 g/mol. The minimum absolute atomic E-state index is 0.192. The molecule has 0 aromatic carbocycles. The molecule has 7 heteroatoms. The smallest absolute Gasteiger partial charge is 0.245 e. The van der Waals surface area contributed by atoms with Crippen LogP contribution in [-0.4, -0.2) is 55.9 Å². The van der Waals surface area contributed by atoms with Crippen LogP contribution < -0.4 is 16.0 Å². The molecule has 3 rings (SSSR count). The number of nitrogens with one attached hydrogen (secondary N) is 1. The molecule has 0 saturated carbocycles. The fraction of sp³-hybridized carbons (Fsp3) is 0.600. The molecule has 1 aromatic heterocycles. The molecule has 0 unspecified atom stereocenters. The van der Waals surface area contributed by atoms with Crippen LogP contribution in [0.4, 0.5) is 11.5 Å². The van der Waals surface area contributed by atoms with E-state index >= 15 is 0 Å². The standard InChI is InChI=1S/C15H22N4O3/c16-15(3-7-21-8-4-15)14(20)18-13-2-1-12(11-17-13)19-5-9-22-10-6-19/h1-2,11H,3-10,16H2,(H,17,18,20). The summed E-state index contributed by atoms with van der Waals surface area (Å²) in [5, 5.41) is 2.81. The Morgan fingerprint density at radius 3 is 2.50 bits per heavy atom. The van der Waals surface area contributed by atoms with E-state index in [1.165, 1.54) is 0 Å². The number of aromatic nitrogens is 1. The molecule has 22 heavy (non-hydrogen) atoms. The van der Waals surface area contributed by atoms with Crippen LogP contribution in [0.1, 0.15) is 12.8 Å². The van der Waals surface area contributed by atoms with Crippen LogP contribution in [0.15, 0.2) is 18.3 Å². The van der Waals surface area contributed by atoms with Crippen molar-refractivity contribution >= 4 is 17.4 Å². The van der Waals surface area contributed by atoms with Crippen LogP contribution in [0.5, 0.6) is 0 Å². The third-order valence-electron chi connectivity index (χ3n) is 4.20. The lowest BCUT2D eigenvalue weighted by atomic mass is 9.90. The summed E-state index contributed by atoms with van der Waals surface area (Å²) in [7, 11) is 0. The number of rotatable bonds is 3. The molecule has 3 heterocycles. The second kappa shape index (κ2) is 6.60. The van der Waals surface area contributed by atoms with Gasteiger partial charge in [-0.15, -0.1) is 0 Å². The van der Waals surface area contributed by atoms with Gasteiger partial charge in [0, 0.05) is 26.3 Å². The third kappa shape index (κ3) is 3.37. The molecule has 0 aliphatic carbocycles. The second-order valence-electron chi connectivity index (χ2n) is 5.72. The van der Waals surface area contributed by atoms with Gasteiger partial charge in [-0.05, 0) is 25.0 Å². The zero-order valence-corrected chi connectivity index (χ0v) is 12.6. The molecule has 3 N–H and O–H groups in total. The van der Waals surface area contributed by atoms with Gasteiger partial charge in [-0.1, -0.05) is 0 Å². The summed E-state index contributed by atoms with van der Waals surface area (Å²) in [6, 6.07) is 3.77. The van der Waals surface area contributed by atoms with Gasteiger partial charge in [0.2, 0.25) is 5.91 Å². The Morgan fingerprint density at radius 2 is 1.86 bits per heavy atom. The van der Waals surface area contributed by atoms with Crippen molar-refractivity contribution in [1.82, 2.24) is 4.98 Å². The van der Waals surface area contributed by atoms with Gasteiger partial charge in [0.25, 0.3) is 0 Å². The van der Waals surface area contributed by atoms with Crippen LogP contribution in [0, 0.1) is 0 Å². The average molecular weight is 306 g/mol. The Hall–Kier alpha value is -1.70. The van der Waals surface area contributed by atoms with E-state index in [9.17, 15) is 4.79 Å². The maximum Gasteiger partial charge on any atom is 0.245 e. The highest BCUT2D eigenvalue weighted by molar-refractivity contribution is 5.97. The summed E-state index contributed by atoms with van der Waals surface area (Å²) in [5.74, 6) is 0.334. The first kappa shape index (κ1) is 15.2. The van der Waals surface area contributed by atoms with E-state index in [4.69, 9.17) is 15.2 Å². The van der Waals surface area contributed by atoms with E-state index in [1.807, 2.05) is 12.1 Å². The number of carbonyl (C=O) groups is 1. The molecule has 0 spiro atoms. The second-order valence-corrected chi connectivity index (χ2v) is 5.72. The molecular formula is C15H22N4O3. The first-order chi connectivity index (χ1) is 10.7. The molecule has 7 nitrogen and oxygen atoms in total. The molecule has 2 aliphatic rings. The van der Waals surface area contributed by atoms with Crippen LogP contribution in [0.25, 0.3) is 0 Å². The van der Waals surface area contributed by atoms with E-state index in [2.05, 4.69) is 15.2 Å². The largest absolute Gasteiger partial charge is 0.381 e. The Kier molecular flexibility index (Phi) is 4.56. The third-order valence-corrected chi connectivity index (χ3v) is 4.20. The number of amides is 1. The molecular weight excluding hydrogens is 284 g/mol. The van der Waals surface area contributed by atoms with Gasteiger partial charge < -0.3 is 25.4 Å². The Bertz CT molecular complexity index is 508. The predicted octanol–water partition coefficient (Wildman–Crippen LogP) is 0.365. The van der Waals surface area contributed by atoms with Gasteiger partial charge in [-0.2, -0.15) is 0 Å². The van der Waals surface area contributed by atoms with E-state index < -0.39 is 5.54 Å².